The number of hydrogen-bond donors (Lipinski definition) is 0. The van der Waals surface area contributed by atoms with Gasteiger partial charge in [0.25, 0.3) is 0 Å². The van der Waals surface area contributed by atoms with E-state index in [-0.39, 0.29) is 24.1 Å². The topological polar surface area (TPSA) is 54.0 Å². The maximum absolute atomic E-state index is 11.7. The van der Waals surface area contributed by atoms with Gasteiger partial charge in [-0.1, -0.05) is 0 Å². The van der Waals surface area contributed by atoms with Crippen molar-refractivity contribution in [2.24, 2.45) is 0 Å². The van der Waals surface area contributed by atoms with E-state index in [2.05, 4.69) is 11.4 Å². The predicted octanol–water partition coefficient (Wildman–Crippen LogP) is 3.24. The van der Waals surface area contributed by atoms with Crippen molar-refractivity contribution < 1.29 is 23.7 Å². The van der Waals surface area contributed by atoms with Crippen molar-refractivity contribution in [1.29, 1.82) is 0 Å². The van der Waals surface area contributed by atoms with E-state index in [0.717, 1.165) is 6.42 Å². The number of methoxy groups -OCH3 is 1. The molecule has 0 saturated carbocycles. The molecule has 2 unspecified atom stereocenters. The van der Waals surface area contributed by atoms with Crippen molar-refractivity contribution in [3.63, 3.8) is 0 Å². The number of esters is 1. The molecule has 0 bridgehead atoms. The predicted molar refractivity (Wildman–Crippen MR) is 86.4 cm³/mol. The Balaban J connectivity index is 1.87. The number of carbonyl (C=O) groups excluding carboxylic acids is 1. The highest BCUT2D eigenvalue weighted by atomic mass is 32.2. The Hall–Kier alpha value is -0.600. The first-order chi connectivity index (χ1) is 10.7. The van der Waals surface area contributed by atoms with Crippen LogP contribution in [-0.2, 0) is 23.7 Å². The van der Waals surface area contributed by atoms with Gasteiger partial charge in [0.05, 0.1) is 36.6 Å². The highest BCUT2D eigenvalue weighted by Gasteiger charge is 2.31. The van der Waals surface area contributed by atoms with Crippen molar-refractivity contribution in [3.05, 3.63) is 17.0 Å². The van der Waals surface area contributed by atoms with E-state index in [1.165, 1.54) is 9.77 Å². The molecule has 2 rings (SSSR count). The van der Waals surface area contributed by atoms with Crippen molar-refractivity contribution in [2.75, 3.05) is 33.7 Å². The molecule has 2 heterocycles. The molecule has 0 amide bonds. The lowest BCUT2D eigenvalue weighted by molar-refractivity contribution is -0.143. The minimum atomic E-state index is -0.143. The molecule has 0 aliphatic carbocycles. The first-order valence-corrected chi connectivity index (χ1v) is 9.08. The van der Waals surface area contributed by atoms with Crippen LogP contribution in [0, 0.1) is 0 Å². The number of rotatable bonds is 9. The third kappa shape index (κ3) is 5.24. The SMILES string of the molecule is CCOC(=O)CC1CC(OCOCCOC)c2ccsc2S1. The van der Waals surface area contributed by atoms with E-state index in [9.17, 15) is 4.79 Å². The van der Waals surface area contributed by atoms with Gasteiger partial charge >= 0.3 is 5.97 Å². The lowest BCUT2D eigenvalue weighted by Crippen LogP contribution is -2.22. The molecule has 22 heavy (non-hydrogen) atoms. The minimum absolute atomic E-state index is 0.0236. The molecule has 0 fully saturated rings. The van der Waals surface area contributed by atoms with Gasteiger partial charge in [-0.3, -0.25) is 4.79 Å². The van der Waals surface area contributed by atoms with Gasteiger partial charge in [0, 0.05) is 17.9 Å². The van der Waals surface area contributed by atoms with Crippen LogP contribution in [0.4, 0.5) is 0 Å². The number of hydrogen-bond acceptors (Lipinski definition) is 7. The van der Waals surface area contributed by atoms with Crippen LogP contribution in [0.3, 0.4) is 0 Å². The van der Waals surface area contributed by atoms with E-state index in [1.54, 1.807) is 30.2 Å². The normalized spacial score (nSPS) is 20.6. The largest absolute Gasteiger partial charge is 0.466 e. The third-order valence-corrected chi connectivity index (χ3v) is 5.68. The van der Waals surface area contributed by atoms with E-state index in [0.29, 0.717) is 26.2 Å². The summed E-state index contributed by atoms with van der Waals surface area (Å²) >= 11 is 3.44. The molecule has 1 aliphatic heterocycles. The molecule has 124 valence electrons. The first kappa shape index (κ1) is 17.7. The summed E-state index contributed by atoms with van der Waals surface area (Å²) in [5.41, 5.74) is 1.20. The number of fused-ring (bicyclic) bond motifs is 1. The third-order valence-electron chi connectivity index (χ3n) is 3.24. The van der Waals surface area contributed by atoms with Crippen LogP contribution >= 0.6 is 23.1 Å². The van der Waals surface area contributed by atoms with Crippen LogP contribution in [0.5, 0.6) is 0 Å². The summed E-state index contributed by atoms with van der Waals surface area (Å²) in [7, 11) is 1.64. The molecule has 0 aromatic carbocycles. The number of ether oxygens (including phenoxy) is 4. The van der Waals surface area contributed by atoms with E-state index >= 15 is 0 Å². The van der Waals surface area contributed by atoms with Gasteiger partial charge in [0.1, 0.15) is 6.79 Å². The molecule has 2 atom stereocenters. The summed E-state index contributed by atoms with van der Waals surface area (Å²) in [5, 5.41) is 2.25. The quantitative estimate of drug-likeness (QED) is 0.389. The molecule has 7 heteroatoms. The Morgan fingerprint density at radius 1 is 1.41 bits per heavy atom. The van der Waals surface area contributed by atoms with Crippen molar-refractivity contribution in [1.82, 2.24) is 0 Å². The molecule has 1 aromatic rings. The molecule has 0 saturated heterocycles. The van der Waals surface area contributed by atoms with Gasteiger partial charge in [-0.2, -0.15) is 0 Å². The van der Waals surface area contributed by atoms with Gasteiger partial charge in [-0.05, 0) is 24.8 Å². The molecule has 1 aliphatic rings. The zero-order valence-corrected chi connectivity index (χ0v) is 14.5. The average molecular weight is 346 g/mol. The summed E-state index contributed by atoms with van der Waals surface area (Å²) in [6.45, 7) is 3.56. The second-order valence-corrected chi connectivity index (χ2v) is 7.31. The van der Waals surface area contributed by atoms with Crippen LogP contribution in [0.2, 0.25) is 0 Å². The minimum Gasteiger partial charge on any atom is -0.466 e. The standard InChI is InChI=1S/C15H22O5S2/c1-3-19-14(16)9-11-8-13(20-10-18-6-5-17-2)12-4-7-21-15(12)22-11/h4,7,11,13H,3,5-6,8-10H2,1-2H3. The first-order valence-electron chi connectivity index (χ1n) is 7.32. The summed E-state index contributed by atoms with van der Waals surface area (Å²) < 4.78 is 22.4. The number of thioether (sulfide) groups is 1. The summed E-state index contributed by atoms with van der Waals surface area (Å²) in [6, 6.07) is 2.09. The van der Waals surface area contributed by atoms with Gasteiger partial charge in [-0.15, -0.1) is 23.1 Å². The molecule has 0 radical (unpaired) electrons. The average Bonchev–Trinajstić information content (AvgIpc) is 2.95. The Kier molecular flexibility index (Phi) is 7.68. The van der Waals surface area contributed by atoms with Gasteiger partial charge in [0.15, 0.2) is 0 Å². The maximum atomic E-state index is 11.7. The van der Waals surface area contributed by atoms with Crippen LogP contribution in [0.15, 0.2) is 15.7 Å². The fraction of sp³-hybridized carbons (Fsp3) is 0.667. The molecule has 0 spiro atoms. The molecular weight excluding hydrogens is 324 g/mol. The molecular formula is C15H22O5S2. The Labute approximate surface area is 139 Å². The lowest BCUT2D eigenvalue weighted by atomic mass is 10.1. The maximum Gasteiger partial charge on any atom is 0.306 e. The highest BCUT2D eigenvalue weighted by molar-refractivity contribution is 8.01. The van der Waals surface area contributed by atoms with Gasteiger partial charge in [-0.25, -0.2) is 0 Å². The van der Waals surface area contributed by atoms with Crippen LogP contribution in [-0.4, -0.2) is 44.9 Å². The second kappa shape index (κ2) is 9.52. The van der Waals surface area contributed by atoms with E-state index in [1.807, 2.05) is 6.92 Å². The molecule has 0 N–H and O–H groups in total. The summed E-state index contributed by atoms with van der Waals surface area (Å²) in [5.74, 6) is -0.143. The monoisotopic (exact) mass is 346 g/mol. The van der Waals surface area contributed by atoms with Gasteiger partial charge < -0.3 is 18.9 Å². The lowest BCUT2D eigenvalue weighted by Gasteiger charge is -2.28. The van der Waals surface area contributed by atoms with E-state index in [4.69, 9.17) is 18.9 Å². The fourth-order valence-electron chi connectivity index (χ4n) is 2.23. The van der Waals surface area contributed by atoms with Crippen LogP contribution in [0.1, 0.15) is 31.4 Å². The summed E-state index contributed by atoms with van der Waals surface area (Å²) in [6.07, 6.45) is 1.19. The van der Waals surface area contributed by atoms with Crippen molar-refractivity contribution >= 4 is 29.1 Å². The van der Waals surface area contributed by atoms with Gasteiger partial charge in [0.2, 0.25) is 0 Å². The Morgan fingerprint density at radius 3 is 3.05 bits per heavy atom. The molecule has 1 aromatic heterocycles. The molecule has 5 nitrogen and oxygen atoms in total. The number of thiophene rings is 1. The van der Waals surface area contributed by atoms with Crippen LogP contribution < -0.4 is 0 Å². The van der Waals surface area contributed by atoms with Crippen molar-refractivity contribution in [3.8, 4) is 0 Å². The second-order valence-electron chi connectivity index (χ2n) is 4.82. The fourth-order valence-corrected chi connectivity index (χ4v) is 4.82. The smallest absolute Gasteiger partial charge is 0.306 e. The van der Waals surface area contributed by atoms with E-state index < -0.39 is 0 Å². The zero-order valence-electron chi connectivity index (χ0n) is 12.9. The van der Waals surface area contributed by atoms with Crippen molar-refractivity contribution in [2.45, 2.75) is 35.3 Å². The Morgan fingerprint density at radius 2 is 2.27 bits per heavy atom. The Bertz CT molecular complexity index is 463. The van der Waals surface area contributed by atoms with Crippen LogP contribution in [0.25, 0.3) is 0 Å². The highest BCUT2D eigenvalue weighted by Crippen LogP contribution is 2.46. The zero-order chi connectivity index (χ0) is 15.8. The summed E-state index contributed by atoms with van der Waals surface area (Å²) in [4.78, 5) is 11.7. The number of carbonyl (C=O) groups is 1.